The maximum Gasteiger partial charge on any atom is 0.254 e. The maximum absolute atomic E-state index is 12.8. The summed E-state index contributed by atoms with van der Waals surface area (Å²) in [5.74, 6) is 0. The third kappa shape index (κ3) is 3.47. The van der Waals surface area contributed by atoms with Crippen LogP contribution in [0.1, 0.15) is 17.1 Å². The highest BCUT2D eigenvalue weighted by molar-refractivity contribution is 7.91. The summed E-state index contributed by atoms with van der Waals surface area (Å²) in [6, 6.07) is 0.358. The molecule has 1 atom stereocenters. The highest BCUT2D eigenvalue weighted by Crippen LogP contribution is 2.29. The fourth-order valence-electron chi connectivity index (χ4n) is 3.14. The number of hydrogen-bond acceptors (Lipinski definition) is 6. The molecule has 2 aliphatic heterocycles. The Morgan fingerprint density at radius 3 is 2.50 bits per heavy atom. The summed E-state index contributed by atoms with van der Waals surface area (Å²) in [6.07, 6.45) is 0.927. The molecule has 22 heavy (non-hydrogen) atoms. The van der Waals surface area contributed by atoms with Gasteiger partial charge in [0.05, 0.1) is 10.7 Å². The number of piperazine rings is 1. The van der Waals surface area contributed by atoms with Gasteiger partial charge in [-0.3, -0.25) is 4.90 Å². The van der Waals surface area contributed by atoms with Crippen molar-refractivity contribution in [1.82, 2.24) is 19.5 Å². The van der Waals surface area contributed by atoms with E-state index in [0.29, 0.717) is 29.0 Å². The number of sulfonamides is 1. The smallest absolute Gasteiger partial charge is 0.254 e. The molecule has 0 amide bonds. The number of halogens is 1. The number of nitrogens with zero attached hydrogens (tertiary/aromatic N) is 3. The third-order valence-electron chi connectivity index (χ3n) is 4.23. The molecule has 3 heterocycles. The van der Waals surface area contributed by atoms with E-state index in [1.165, 1.54) is 11.3 Å². The molecule has 1 aromatic heterocycles. The summed E-state index contributed by atoms with van der Waals surface area (Å²) < 4.78 is 27.6. The van der Waals surface area contributed by atoms with E-state index in [4.69, 9.17) is 0 Å². The zero-order chi connectivity index (χ0) is 15.0. The van der Waals surface area contributed by atoms with Gasteiger partial charge >= 0.3 is 0 Å². The summed E-state index contributed by atoms with van der Waals surface area (Å²) in [5, 5.41) is 4.14. The van der Waals surface area contributed by atoms with Crippen LogP contribution in [-0.2, 0) is 10.0 Å². The van der Waals surface area contributed by atoms with E-state index in [1.807, 2.05) is 6.92 Å². The molecular weight excluding hydrogens is 344 g/mol. The van der Waals surface area contributed by atoms with E-state index in [9.17, 15) is 8.42 Å². The first-order chi connectivity index (χ1) is 9.98. The van der Waals surface area contributed by atoms with E-state index < -0.39 is 10.0 Å². The van der Waals surface area contributed by atoms with Crippen LogP contribution in [0.5, 0.6) is 0 Å². The molecule has 6 nitrogen and oxygen atoms in total. The Labute approximate surface area is 142 Å². The minimum absolute atomic E-state index is 0. The predicted molar refractivity (Wildman–Crippen MR) is 90.4 cm³/mol. The average Bonchev–Trinajstić information content (AvgIpc) is 3.07. The molecule has 2 fully saturated rings. The highest BCUT2D eigenvalue weighted by Gasteiger charge is 2.37. The first-order valence-electron chi connectivity index (χ1n) is 7.37. The molecule has 0 saturated carbocycles. The number of hydrogen-bond donors (Lipinski definition) is 1. The van der Waals surface area contributed by atoms with Crippen molar-refractivity contribution in [1.29, 1.82) is 0 Å². The molecule has 0 radical (unpaired) electrons. The Balaban J connectivity index is 0.00000176. The Morgan fingerprint density at radius 1 is 1.23 bits per heavy atom. The monoisotopic (exact) mass is 366 g/mol. The molecule has 1 N–H and O–H groups in total. The summed E-state index contributed by atoms with van der Waals surface area (Å²) in [6.45, 7) is 8.87. The van der Waals surface area contributed by atoms with Crippen molar-refractivity contribution >= 4 is 33.8 Å². The Hall–Kier alpha value is -0.250. The van der Waals surface area contributed by atoms with Gasteiger partial charge in [0.2, 0.25) is 0 Å². The number of aromatic nitrogens is 1. The highest BCUT2D eigenvalue weighted by atomic mass is 35.5. The van der Waals surface area contributed by atoms with Gasteiger partial charge in [-0.1, -0.05) is 0 Å². The Bertz CT molecular complexity index is 614. The molecule has 9 heteroatoms. The van der Waals surface area contributed by atoms with Crippen LogP contribution in [-0.4, -0.2) is 67.9 Å². The summed E-state index contributed by atoms with van der Waals surface area (Å²) in [7, 11) is -3.37. The summed E-state index contributed by atoms with van der Waals surface area (Å²) in [4.78, 5) is 6.67. The van der Waals surface area contributed by atoms with Gasteiger partial charge in [-0.15, -0.1) is 23.7 Å². The SMILES string of the molecule is Cc1nc(C)c(S(=O)(=O)N2CCC(N3CCNCC3)C2)s1.Cl. The number of nitrogens with one attached hydrogen (secondary N) is 1. The van der Waals surface area contributed by atoms with Crippen molar-refractivity contribution < 1.29 is 8.42 Å². The minimum Gasteiger partial charge on any atom is -0.314 e. The first kappa shape index (κ1) is 18.1. The second kappa shape index (κ2) is 7.11. The fraction of sp³-hybridized carbons (Fsp3) is 0.769. The van der Waals surface area contributed by atoms with Gasteiger partial charge in [-0.2, -0.15) is 4.31 Å². The lowest BCUT2D eigenvalue weighted by atomic mass is 10.2. The molecule has 0 aliphatic carbocycles. The van der Waals surface area contributed by atoms with Crippen LogP contribution in [0, 0.1) is 13.8 Å². The van der Waals surface area contributed by atoms with Crippen LogP contribution in [0.4, 0.5) is 0 Å². The van der Waals surface area contributed by atoms with Crippen molar-refractivity contribution in [2.24, 2.45) is 0 Å². The van der Waals surface area contributed by atoms with Gasteiger partial charge in [0.15, 0.2) is 4.21 Å². The maximum atomic E-state index is 12.8. The average molecular weight is 367 g/mol. The van der Waals surface area contributed by atoms with Crippen LogP contribution >= 0.6 is 23.7 Å². The van der Waals surface area contributed by atoms with Crippen molar-refractivity contribution in [2.75, 3.05) is 39.3 Å². The van der Waals surface area contributed by atoms with Crippen molar-refractivity contribution in [3.05, 3.63) is 10.7 Å². The fourth-order valence-corrected chi connectivity index (χ4v) is 6.25. The lowest BCUT2D eigenvalue weighted by Gasteiger charge is -2.32. The number of rotatable bonds is 3. The zero-order valence-corrected chi connectivity index (χ0v) is 15.4. The summed E-state index contributed by atoms with van der Waals surface area (Å²) >= 11 is 1.28. The van der Waals surface area contributed by atoms with E-state index in [0.717, 1.165) is 37.6 Å². The molecule has 0 aromatic carbocycles. The van der Waals surface area contributed by atoms with Gasteiger partial charge in [-0.25, -0.2) is 13.4 Å². The Kier molecular flexibility index (Phi) is 5.84. The van der Waals surface area contributed by atoms with Crippen LogP contribution in [0.15, 0.2) is 4.21 Å². The van der Waals surface area contributed by atoms with Crippen molar-refractivity contribution in [3.63, 3.8) is 0 Å². The predicted octanol–water partition coefficient (Wildman–Crippen LogP) is 0.850. The molecule has 1 unspecified atom stereocenters. The molecule has 2 saturated heterocycles. The normalized spacial score (nSPS) is 24.4. The topological polar surface area (TPSA) is 65.5 Å². The minimum atomic E-state index is -3.37. The second-order valence-corrected chi connectivity index (χ2v) is 9.03. The van der Waals surface area contributed by atoms with Gasteiger partial charge in [0.25, 0.3) is 10.0 Å². The van der Waals surface area contributed by atoms with Gasteiger partial charge in [0, 0.05) is 45.3 Å². The molecule has 2 aliphatic rings. The van der Waals surface area contributed by atoms with Crippen molar-refractivity contribution in [2.45, 2.75) is 30.5 Å². The van der Waals surface area contributed by atoms with Crippen molar-refractivity contribution in [3.8, 4) is 0 Å². The first-order valence-corrected chi connectivity index (χ1v) is 9.63. The van der Waals surface area contributed by atoms with Crippen LogP contribution in [0.3, 0.4) is 0 Å². The lowest BCUT2D eigenvalue weighted by Crippen LogP contribution is -2.49. The lowest BCUT2D eigenvalue weighted by molar-refractivity contribution is 0.179. The number of thiazole rings is 1. The standard InChI is InChI=1S/C13H22N4O2S2.ClH/c1-10-13(20-11(2)15-10)21(18,19)17-6-3-12(9-17)16-7-4-14-5-8-16;/h12,14H,3-9H2,1-2H3;1H. The zero-order valence-electron chi connectivity index (χ0n) is 12.9. The van der Waals surface area contributed by atoms with Gasteiger partial charge < -0.3 is 5.32 Å². The van der Waals surface area contributed by atoms with Crippen LogP contribution < -0.4 is 5.32 Å². The third-order valence-corrected chi connectivity index (χ3v) is 7.75. The van der Waals surface area contributed by atoms with Crippen LogP contribution in [0.25, 0.3) is 0 Å². The molecule has 126 valence electrons. The largest absolute Gasteiger partial charge is 0.314 e. The Morgan fingerprint density at radius 2 is 1.91 bits per heavy atom. The van der Waals surface area contributed by atoms with E-state index in [2.05, 4.69) is 15.2 Å². The summed E-state index contributed by atoms with van der Waals surface area (Å²) in [5.41, 5.74) is 0.628. The number of aryl methyl sites for hydroxylation is 2. The van der Waals surface area contributed by atoms with E-state index in [-0.39, 0.29) is 12.4 Å². The second-order valence-electron chi connectivity index (χ2n) is 5.70. The molecule has 0 spiro atoms. The molecule has 0 bridgehead atoms. The molecule has 3 rings (SSSR count). The van der Waals surface area contributed by atoms with Gasteiger partial charge in [0.1, 0.15) is 0 Å². The molecular formula is C13H23ClN4O2S2. The van der Waals surface area contributed by atoms with E-state index >= 15 is 0 Å². The van der Waals surface area contributed by atoms with Crippen LogP contribution in [0.2, 0.25) is 0 Å². The van der Waals surface area contributed by atoms with E-state index in [1.54, 1.807) is 11.2 Å². The quantitative estimate of drug-likeness (QED) is 0.859. The molecule has 1 aromatic rings. The van der Waals surface area contributed by atoms with Gasteiger partial charge in [-0.05, 0) is 20.3 Å².